The summed E-state index contributed by atoms with van der Waals surface area (Å²) in [6.07, 6.45) is 0. The molecule has 0 aliphatic rings. The van der Waals surface area contributed by atoms with Gasteiger partial charge < -0.3 is 5.73 Å². The summed E-state index contributed by atoms with van der Waals surface area (Å²) in [4.78, 5) is 0.719. The van der Waals surface area contributed by atoms with Crippen molar-refractivity contribution >= 4 is 22.4 Å². The largest absolute Gasteiger partial charge is 0.323 e. The predicted octanol–water partition coefficient (Wildman–Crippen LogP) is 4.27. The van der Waals surface area contributed by atoms with E-state index in [0.29, 0.717) is 16.7 Å². The van der Waals surface area contributed by atoms with Gasteiger partial charge in [-0.15, -0.1) is 0 Å². The number of hydrogen-bond acceptors (Lipinski definition) is 2. The summed E-state index contributed by atoms with van der Waals surface area (Å²) in [5.74, 6) is 0.886. The molecule has 0 spiro atoms. The van der Waals surface area contributed by atoms with E-state index in [0.717, 1.165) is 10.5 Å². The molecule has 0 fully saturated rings. The highest BCUT2D eigenvalue weighted by Gasteiger charge is 2.13. The maximum atomic E-state index is 12.3. The molecule has 2 atom stereocenters. The van der Waals surface area contributed by atoms with Crippen LogP contribution in [0.25, 0.3) is 0 Å². The van der Waals surface area contributed by atoms with Gasteiger partial charge in [-0.1, -0.05) is 55.8 Å². The van der Waals surface area contributed by atoms with E-state index < -0.39 is 10.8 Å². The number of benzene rings is 2. The molecule has 4 heteroatoms. The summed E-state index contributed by atoms with van der Waals surface area (Å²) in [7, 11) is -1.15. The van der Waals surface area contributed by atoms with Crippen molar-refractivity contribution in [3.05, 3.63) is 64.7 Å². The Bertz CT molecular complexity index is 625. The zero-order valence-electron chi connectivity index (χ0n) is 12.3. The lowest BCUT2D eigenvalue weighted by Crippen LogP contribution is -2.18. The number of hydrogen-bond donors (Lipinski definition) is 1. The Hall–Kier alpha value is -1.16. The van der Waals surface area contributed by atoms with Gasteiger partial charge in [-0.05, 0) is 35.2 Å². The Morgan fingerprint density at radius 2 is 1.71 bits per heavy atom. The van der Waals surface area contributed by atoms with Crippen molar-refractivity contribution in [2.45, 2.75) is 30.7 Å². The molecule has 2 aromatic carbocycles. The Balaban J connectivity index is 2.07. The van der Waals surface area contributed by atoms with Crippen molar-refractivity contribution in [2.24, 2.45) is 5.73 Å². The summed E-state index contributed by atoms with van der Waals surface area (Å²) in [6.45, 7) is 4.31. The fourth-order valence-electron chi connectivity index (χ4n) is 2.09. The molecule has 0 heterocycles. The zero-order chi connectivity index (χ0) is 15.4. The lowest BCUT2D eigenvalue weighted by atomic mass is 10.00. The molecule has 21 heavy (non-hydrogen) atoms. The van der Waals surface area contributed by atoms with Gasteiger partial charge in [-0.2, -0.15) is 0 Å². The lowest BCUT2D eigenvalue weighted by Gasteiger charge is -2.13. The minimum atomic E-state index is -1.15. The van der Waals surface area contributed by atoms with Crippen LogP contribution in [0.1, 0.15) is 36.9 Å². The molecular weight excluding hydrogens is 302 g/mol. The van der Waals surface area contributed by atoms with Crippen molar-refractivity contribution in [3.8, 4) is 0 Å². The third-order valence-corrected chi connectivity index (χ3v) is 5.10. The van der Waals surface area contributed by atoms with E-state index in [-0.39, 0.29) is 6.04 Å². The lowest BCUT2D eigenvalue weighted by molar-refractivity contribution is 0.675. The van der Waals surface area contributed by atoms with Gasteiger partial charge in [0.05, 0.1) is 10.8 Å². The molecule has 2 rings (SSSR count). The van der Waals surface area contributed by atoms with Gasteiger partial charge in [0.15, 0.2) is 0 Å². The third kappa shape index (κ3) is 4.40. The van der Waals surface area contributed by atoms with Crippen LogP contribution in [0.15, 0.2) is 53.4 Å². The van der Waals surface area contributed by atoms with Gasteiger partial charge in [0.25, 0.3) is 0 Å². The normalized spacial score (nSPS) is 14.1. The van der Waals surface area contributed by atoms with Crippen LogP contribution in [0.5, 0.6) is 0 Å². The maximum Gasteiger partial charge on any atom is 0.0549 e. The summed E-state index contributed by atoms with van der Waals surface area (Å²) in [5, 5.41) is 0.593. The molecule has 0 aromatic heterocycles. The number of nitrogens with two attached hydrogens (primary N) is 1. The minimum absolute atomic E-state index is 0.244. The van der Waals surface area contributed by atoms with Crippen molar-refractivity contribution < 1.29 is 4.21 Å². The monoisotopic (exact) mass is 321 g/mol. The average molecular weight is 322 g/mol. The van der Waals surface area contributed by atoms with E-state index in [1.807, 2.05) is 18.2 Å². The van der Waals surface area contributed by atoms with E-state index in [4.69, 9.17) is 17.3 Å². The van der Waals surface area contributed by atoms with Gasteiger partial charge in [-0.3, -0.25) is 4.21 Å². The molecule has 2 nitrogen and oxygen atoms in total. The second-order valence-corrected chi connectivity index (χ2v) is 7.33. The molecule has 0 aliphatic heterocycles. The summed E-state index contributed by atoms with van der Waals surface area (Å²) < 4.78 is 12.3. The SMILES string of the molecule is CC(C)c1ccc(C(N)CS(=O)c2cccc(Cl)c2)cc1. The van der Waals surface area contributed by atoms with Gasteiger partial charge >= 0.3 is 0 Å². The van der Waals surface area contributed by atoms with Crippen LogP contribution in [-0.2, 0) is 10.8 Å². The van der Waals surface area contributed by atoms with Crippen molar-refractivity contribution in [1.29, 1.82) is 0 Å². The fourth-order valence-corrected chi connectivity index (χ4v) is 3.55. The first-order valence-corrected chi connectivity index (χ1v) is 8.66. The standard InChI is InChI=1S/C17H20ClNOS/c1-12(2)13-6-8-14(9-7-13)17(19)11-21(20)16-5-3-4-15(18)10-16/h3-10,12,17H,11,19H2,1-2H3. The molecule has 0 aliphatic carbocycles. The highest BCUT2D eigenvalue weighted by molar-refractivity contribution is 7.85. The van der Waals surface area contributed by atoms with Crippen LogP contribution in [0, 0.1) is 0 Å². The highest BCUT2D eigenvalue weighted by atomic mass is 35.5. The molecule has 112 valence electrons. The number of halogens is 1. The Morgan fingerprint density at radius 1 is 1.10 bits per heavy atom. The first-order chi connectivity index (χ1) is 9.97. The predicted molar refractivity (Wildman–Crippen MR) is 90.2 cm³/mol. The van der Waals surface area contributed by atoms with Crippen LogP contribution in [0.3, 0.4) is 0 Å². The average Bonchev–Trinajstić information content (AvgIpc) is 2.47. The fraction of sp³-hybridized carbons (Fsp3) is 0.294. The molecule has 0 radical (unpaired) electrons. The van der Waals surface area contributed by atoms with Gasteiger partial charge in [-0.25, -0.2) is 0 Å². The van der Waals surface area contributed by atoms with E-state index >= 15 is 0 Å². The maximum absolute atomic E-state index is 12.3. The highest BCUT2D eigenvalue weighted by Crippen LogP contribution is 2.20. The van der Waals surface area contributed by atoms with Crippen molar-refractivity contribution in [1.82, 2.24) is 0 Å². The molecule has 0 saturated carbocycles. The van der Waals surface area contributed by atoms with E-state index in [1.165, 1.54) is 5.56 Å². The smallest absolute Gasteiger partial charge is 0.0549 e. The van der Waals surface area contributed by atoms with Crippen LogP contribution in [-0.4, -0.2) is 9.96 Å². The zero-order valence-corrected chi connectivity index (χ0v) is 13.8. The minimum Gasteiger partial charge on any atom is -0.323 e. The van der Waals surface area contributed by atoms with Gasteiger partial charge in [0.1, 0.15) is 0 Å². The Labute approximate surface area is 133 Å². The molecule has 0 bridgehead atoms. The summed E-state index contributed by atoms with van der Waals surface area (Å²) in [6, 6.07) is 15.1. The molecule has 2 aromatic rings. The van der Waals surface area contributed by atoms with E-state index in [2.05, 4.69) is 26.0 Å². The first kappa shape index (κ1) is 16.2. The van der Waals surface area contributed by atoms with Gasteiger partial charge in [0.2, 0.25) is 0 Å². The molecule has 2 N–H and O–H groups in total. The van der Waals surface area contributed by atoms with Crippen LogP contribution < -0.4 is 5.73 Å². The number of rotatable bonds is 5. The van der Waals surface area contributed by atoms with Crippen LogP contribution in [0.2, 0.25) is 5.02 Å². The van der Waals surface area contributed by atoms with Gasteiger partial charge in [0, 0.05) is 21.7 Å². The Morgan fingerprint density at radius 3 is 2.29 bits per heavy atom. The van der Waals surface area contributed by atoms with Crippen LogP contribution >= 0.6 is 11.6 Å². The molecule has 2 unspecified atom stereocenters. The van der Waals surface area contributed by atoms with Crippen LogP contribution in [0.4, 0.5) is 0 Å². The topological polar surface area (TPSA) is 43.1 Å². The molecule has 0 amide bonds. The third-order valence-electron chi connectivity index (χ3n) is 3.42. The summed E-state index contributed by atoms with van der Waals surface area (Å²) in [5.41, 5.74) is 8.46. The van der Waals surface area contributed by atoms with Crippen molar-refractivity contribution in [2.75, 3.05) is 5.75 Å². The second kappa shape index (κ2) is 7.21. The van der Waals surface area contributed by atoms with E-state index in [9.17, 15) is 4.21 Å². The molecule has 0 saturated heterocycles. The quantitative estimate of drug-likeness (QED) is 0.893. The summed E-state index contributed by atoms with van der Waals surface area (Å²) >= 11 is 5.92. The van der Waals surface area contributed by atoms with Crippen molar-refractivity contribution in [3.63, 3.8) is 0 Å². The molecular formula is C17H20ClNOS. The Kier molecular flexibility index (Phi) is 5.57. The second-order valence-electron chi connectivity index (χ2n) is 5.40. The first-order valence-electron chi connectivity index (χ1n) is 6.96. The van der Waals surface area contributed by atoms with E-state index in [1.54, 1.807) is 18.2 Å².